The van der Waals surface area contributed by atoms with Crippen molar-refractivity contribution in [1.29, 1.82) is 0 Å². The molecule has 1 heterocycles. The Balaban J connectivity index is 1.77. The minimum absolute atomic E-state index is 0.0790. The van der Waals surface area contributed by atoms with Gasteiger partial charge in [-0.25, -0.2) is 0 Å². The maximum atomic E-state index is 12.8. The molecule has 0 radical (unpaired) electrons. The molecule has 0 aromatic heterocycles. The Morgan fingerprint density at radius 1 is 1.04 bits per heavy atom. The molecule has 0 saturated carbocycles. The second-order valence-electron chi connectivity index (χ2n) is 7.21. The Morgan fingerprint density at radius 3 is 2.29 bits per heavy atom. The Hall–Kier alpha value is -3.02. The molecule has 1 unspecified atom stereocenters. The molecule has 0 aliphatic carbocycles. The fraction of sp³-hybridized carbons (Fsp3) is 0.364. The van der Waals surface area contributed by atoms with Crippen LogP contribution < -0.4 is 19.7 Å². The monoisotopic (exact) mass is 382 g/mol. The lowest BCUT2D eigenvalue weighted by Gasteiger charge is -2.19. The summed E-state index contributed by atoms with van der Waals surface area (Å²) in [6.07, 6.45) is 0.185. The van der Waals surface area contributed by atoms with Gasteiger partial charge in [0, 0.05) is 30.4 Å². The molecule has 6 heteroatoms. The van der Waals surface area contributed by atoms with Gasteiger partial charge in [-0.15, -0.1) is 0 Å². The van der Waals surface area contributed by atoms with E-state index in [0.29, 0.717) is 23.7 Å². The van der Waals surface area contributed by atoms with Gasteiger partial charge in [-0.05, 0) is 44.0 Å². The van der Waals surface area contributed by atoms with Crippen molar-refractivity contribution >= 4 is 23.2 Å². The molecule has 2 amide bonds. The van der Waals surface area contributed by atoms with E-state index in [9.17, 15) is 9.59 Å². The van der Waals surface area contributed by atoms with E-state index in [4.69, 9.17) is 9.47 Å². The van der Waals surface area contributed by atoms with E-state index in [2.05, 4.69) is 5.32 Å². The largest absolute Gasteiger partial charge is 0.493 e. The van der Waals surface area contributed by atoms with Gasteiger partial charge in [0.1, 0.15) is 0 Å². The summed E-state index contributed by atoms with van der Waals surface area (Å²) in [5, 5.41) is 3.02. The first-order valence-corrected chi connectivity index (χ1v) is 9.25. The SMILES string of the molecule is COc1ccc(N2CC(C(=O)Nc3c(C)cc(C)cc3C)CC2=O)cc1OC. The van der Waals surface area contributed by atoms with Gasteiger partial charge in [0.25, 0.3) is 0 Å². The Morgan fingerprint density at radius 2 is 1.68 bits per heavy atom. The molecule has 0 spiro atoms. The third kappa shape index (κ3) is 3.81. The van der Waals surface area contributed by atoms with Gasteiger partial charge >= 0.3 is 0 Å². The number of anilines is 2. The van der Waals surface area contributed by atoms with Crippen LogP contribution in [0.25, 0.3) is 0 Å². The normalized spacial score (nSPS) is 16.2. The van der Waals surface area contributed by atoms with Crippen LogP contribution in [-0.4, -0.2) is 32.6 Å². The maximum absolute atomic E-state index is 12.8. The zero-order valence-electron chi connectivity index (χ0n) is 17.0. The highest BCUT2D eigenvalue weighted by Crippen LogP contribution is 2.34. The van der Waals surface area contributed by atoms with Gasteiger partial charge in [0.05, 0.1) is 20.1 Å². The Labute approximate surface area is 165 Å². The topological polar surface area (TPSA) is 67.9 Å². The number of hydrogen-bond acceptors (Lipinski definition) is 4. The van der Waals surface area contributed by atoms with Crippen molar-refractivity contribution in [2.75, 3.05) is 31.0 Å². The molecular weight excluding hydrogens is 356 g/mol. The predicted molar refractivity (Wildman–Crippen MR) is 109 cm³/mol. The molecule has 1 saturated heterocycles. The third-order valence-corrected chi connectivity index (χ3v) is 5.10. The number of carbonyl (C=O) groups is 2. The number of rotatable bonds is 5. The van der Waals surface area contributed by atoms with Gasteiger partial charge in [-0.2, -0.15) is 0 Å². The second-order valence-corrected chi connectivity index (χ2v) is 7.21. The van der Waals surface area contributed by atoms with Crippen molar-refractivity contribution in [2.24, 2.45) is 5.92 Å². The first-order valence-electron chi connectivity index (χ1n) is 9.25. The van der Waals surface area contributed by atoms with Crippen molar-refractivity contribution < 1.29 is 19.1 Å². The predicted octanol–water partition coefficient (Wildman–Crippen LogP) is 3.62. The molecule has 1 aliphatic rings. The van der Waals surface area contributed by atoms with E-state index in [1.165, 1.54) is 0 Å². The zero-order chi connectivity index (χ0) is 20.4. The summed E-state index contributed by atoms with van der Waals surface area (Å²) in [6.45, 7) is 6.32. The first kappa shape index (κ1) is 19.7. The molecule has 3 rings (SSSR count). The number of hydrogen-bond donors (Lipinski definition) is 1. The average Bonchev–Trinajstić information content (AvgIpc) is 3.05. The molecule has 28 heavy (non-hydrogen) atoms. The number of methoxy groups -OCH3 is 2. The minimum Gasteiger partial charge on any atom is -0.493 e. The number of nitrogens with zero attached hydrogens (tertiary/aromatic N) is 1. The number of amides is 2. The molecular formula is C22H26N2O4. The van der Waals surface area contributed by atoms with Crippen molar-refractivity contribution in [3.05, 3.63) is 47.0 Å². The van der Waals surface area contributed by atoms with E-state index < -0.39 is 5.92 Å². The third-order valence-electron chi connectivity index (χ3n) is 5.10. The zero-order valence-corrected chi connectivity index (χ0v) is 17.0. The van der Waals surface area contributed by atoms with Crippen LogP contribution in [0.3, 0.4) is 0 Å². The molecule has 1 atom stereocenters. The second kappa shape index (κ2) is 7.92. The van der Waals surface area contributed by atoms with Crippen molar-refractivity contribution in [3.63, 3.8) is 0 Å². The maximum Gasteiger partial charge on any atom is 0.229 e. The van der Waals surface area contributed by atoms with E-state index in [-0.39, 0.29) is 18.2 Å². The Bertz CT molecular complexity index is 900. The highest BCUT2D eigenvalue weighted by Gasteiger charge is 2.35. The lowest BCUT2D eigenvalue weighted by molar-refractivity contribution is -0.122. The summed E-state index contributed by atoms with van der Waals surface area (Å²) in [7, 11) is 3.11. The minimum atomic E-state index is -0.402. The lowest BCUT2D eigenvalue weighted by atomic mass is 10.0. The average molecular weight is 382 g/mol. The molecule has 148 valence electrons. The van der Waals surface area contributed by atoms with Crippen LogP contribution in [0, 0.1) is 26.7 Å². The van der Waals surface area contributed by atoms with E-state index in [1.54, 1.807) is 37.3 Å². The van der Waals surface area contributed by atoms with Gasteiger partial charge in [0.2, 0.25) is 11.8 Å². The Kier molecular flexibility index (Phi) is 5.58. The molecule has 1 fully saturated rings. The number of aryl methyl sites for hydroxylation is 3. The summed E-state index contributed by atoms with van der Waals surface area (Å²) < 4.78 is 10.6. The highest BCUT2D eigenvalue weighted by atomic mass is 16.5. The van der Waals surface area contributed by atoms with Gasteiger partial charge in [0.15, 0.2) is 11.5 Å². The van der Waals surface area contributed by atoms with Gasteiger partial charge in [-0.3, -0.25) is 9.59 Å². The van der Waals surface area contributed by atoms with E-state index in [0.717, 1.165) is 22.4 Å². The van der Waals surface area contributed by atoms with Crippen LogP contribution in [0.5, 0.6) is 11.5 Å². The molecule has 0 bridgehead atoms. The smallest absolute Gasteiger partial charge is 0.229 e. The lowest BCUT2D eigenvalue weighted by Crippen LogP contribution is -2.28. The van der Waals surface area contributed by atoms with Crippen LogP contribution in [-0.2, 0) is 9.59 Å². The molecule has 1 aliphatic heterocycles. The van der Waals surface area contributed by atoms with Crippen molar-refractivity contribution in [3.8, 4) is 11.5 Å². The van der Waals surface area contributed by atoms with Crippen LogP contribution in [0.1, 0.15) is 23.1 Å². The van der Waals surface area contributed by atoms with E-state index in [1.807, 2.05) is 32.9 Å². The number of ether oxygens (including phenoxy) is 2. The first-order chi connectivity index (χ1) is 13.3. The number of nitrogens with one attached hydrogen (secondary N) is 1. The summed E-state index contributed by atoms with van der Waals surface area (Å²) in [4.78, 5) is 27.0. The number of carbonyl (C=O) groups excluding carboxylic acids is 2. The molecule has 2 aromatic carbocycles. The van der Waals surface area contributed by atoms with Crippen LogP contribution in [0.2, 0.25) is 0 Å². The van der Waals surface area contributed by atoms with Crippen LogP contribution in [0.4, 0.5) is 11.4 Å². The van der Waals surface area contributed by atoms with Crippen LogP contribution >= 0.6 is 0 Å². The van der Waals surface area contributed by atoms with Crippen molar-refractivity contribution in [2.45, 2.75) is 27.2 Å². The van der Waals surface area contributed by atoms with Crippen LogP contribution in [0.15, 0.2) is 30.3 Å². The molecule has 6 nitrogen and oxygen atoms in total. The fourth-order valence-electron chi connectivity index (χ4n) is 3.73. The quantitative estimate of drug-likeness (QED) is 0.858. The van der Waals surface area contributed by atoms with Gasteiger partial charge in [-0.1, -0.05) is 17.7 Å². The molecule has 2 aromatic rings. The number of benzene rings is 2. The van der Waals surface area contributed by atoms with E-state index >= 15 is 0 Å². The summed E-state index contributed by atoms with van der Waals surface area (Å²) >= 11 is 0. The summed E-state index contributed by atoms with van der Waals surface area (Å²) in [5.74, 6) is 0.529. The highest BCUT2D eigenvalue weighted by molar-refractivity contribution is 6.04. The fourth-order valence-corrected chi connectivity index (χ4v) is 3.73. The summed E-state index contributed by atoms with van der Waals surface area (Å²) in [6, 6.07) is 9.39. The molecule has 1 N–H and O–H groups in total. The summed E-state index contributed by atoms with van der Waals surface area (Å²) in [5.41, 5.74) is 4.72. The van der Waals surface area contributed by atoms with Crippen molar-refractivity contribution in [1.82, 2.24) is 0 Å². The van der Waals surface area contributed by atoms with Gasteiger partial charge < -0.3 is 19.7 Å². The standard InChI is InChI=1S/C22H26N2O4/c1-13-8-14(2)21(15(3)9-13)23-22(26)16-10-20(25)24(12-16)17-6-7-18(27-4)19(11-17)28-5/h6-9,11,16H,10,12H2,1-5H3,(H,23,26).